The van der Waals surface area contributed by atoms with Crippen LogP contribution in [0.4, 0.5) is 9.59 Å². The molecule has 0 aromatic carbocycles. The van der Waals surface area contributed by atoms with Gasteiger partial charge in [-0.1, -0.05) is 0 Å². The van der Waals surface area contributed by atoms with E-state index in [1.807, 2.05) is 0 Å². The number of nitrogens with zero attached hydrogens (tertiary/aromatic N) is 3. The zero-order valence-corrected chi connectivity index (χ0v) is 12.1. The number of hydrazine groups is 1. The van der Waals surface area contributed by atoms with Crippen molar-refractivity contribution in [1.29, 1.82) is 0 Å². The maximum absolute atomic E-state index is 12.1. The summed E-state index contributed by atoms with van der Waals surface area (Å²) < 4.78 is 0. The minimum absolute atomic E-state index is 0.0895. The number of hydroxylamine groups is 2. The molecule has 23 heavy (non-hydrogen) atoms. The van der Waals surface area contributed by atoms with E-state index < -0.39 is 35.9 Å². The zero-order valence-electron chi connectivity index (χ0n) is 12.1. The minimum Gasteiger partial charge on any atom is -0.465 e. The molecule has 3 aliphatic rings. The van der Waals surface area contributed by atoms with Crippen LogP contribution in [0.5, 0.6) is 0 Å². The van der Waals surface area contributed by atoms with E-state index in [-0.39, 0.29) is 25.7 Å². The van der Waals surface area contributed by atoms with Crippen LogP contribution in [0.1, 0.15) is 12.8 Å². The molecular weight excluding hydrogens is 310 g/mol. The largest absolute Gasteiger partial charge is 0.465 e. The van der Waals surface area contributed by atoms with Gasteiger partial charge in [0.25, 0.3) is 5.91 Å². The smallest absolute Gasteiger partial charge is 0.407 e. The second-order valence-electron chi connectivity index (χ2n) is 5.89. The fourth-order valence-electron chi connectivity index (χ4n) is 3.03. The highest BCUT2D eigenvalue weighted by atomic mass is 16.5. The maximum Gasteiger partial charge on any atom is 0.407 e. The van der Waals surface area contributed by atoms with E-state index >= 15 is 0 Å². The summed E-state index contributed by atoms with van der Waals surface area (Å²) in [6.07, 6.45) is -0.192. The van der Waals surface area contributed by atoms with E-state index in [0.717, 1.165) is 4.90 Å². The first-order chi connectivity index (χ1) is 10.9. The van der Waals surface area contributed by atoms with Crippen molar-refractivity contribution in [2.75, 3.05) is 19.6 Å². The summed E-state index contributed by atoms with van der Waals surface area (Å²) in [6.45, 7) is 0.454. The first-order valence-corrected chi connectivity index (χ1v) is 7.24. The molecule has 2 atom stereocenters. The second kappa shape index (κ2) is 5.57. The van der Waals surface area contributed by atoms with Gasteiger partial charge in [0.1, 0.15) is 6.04 Å². The Morgan fingerprint density at radius 3 is 2.35 bits per heavy atom. The molecule has 126 valence electrons. The molecular formula is C12H17N5O6. The predicted octanol–water partition coefficient (Wildman–Crippen LogP) is -1.60. The molecule has 0 spiro atoms. The lowest BCUT2D eigenvalue weighted by Gasteiger charge is -2.36. The van der Waals surface area contributed by atoms with Crippen molar-refractivity contribution in [3.05, 3.63) is 0 Å². The zero-order chi connectivity index (χ0) is 16.7. The normalized spacial score (nSPS) is 26.8. The molecule has 3 aliphatic heterocycles. The summed E-state index contributed by atoms with van der Waals surface area (Å²) in [4.78, 5) is 48.7. The Morgan fingerprint density at radius 2 is 1.70 bits per heavy atom. The summed E-state index contributed by atoms with van der Waals surface area (Å²) in [5.41, 5.74) is 4.52. The lowest BCUT2D eigenvalue weighted by Crippen LogP contribution is -2.60. The van der Waals surface area contributed by atoms with Gasteiger partial charge in [0.2, 0.25) is 5.91 Å². The van der Waals surface area contributed by atoms with Crippen LogP contribution < -0.4 is 10.9 Å². The van der Waals surface area contributed by atoms with E-state index in [2.05, 4.69) is 10.9 Å². The van der Waals surface area contributed by atoms with E-state index in [0.29, 0.717) is 17.9 Å². The van der Waals surface area contributed by atoms with Crippen LogP contribution in [0.2, 0.25) is 0 Å². The van der Waals surface area contributed by atoms with Gasteiger partial charge >= 0.3 is 12.1 Å². The van der Waals surface area contributed by atoms with E-state index in [1.165, 1.54) is 4.90 Å². The van der Waals surface area contributed by atoms with Gasteiger partial charge < -0.3 is 14.9 Å². The van der Waals surface area contributed by atoms with Gasteiger partial charge in [0, 0.05) is 19.6 Å². The number of carboxylic acid groups (broad SMARTS) is 1. The number of likely N-dealkylation sites (tertiary alicyclic amines) is 1. The topological polar surface area (TPSA) is 143 Å². The molecule has 3 rings (SSSR count). The number of carbonyl (C=O) groups excluding carboxylic acids is 3. The molecule has 11 heteroatoms. The number of hydrogen-bond donors (Lipinski definition) is 4. The van der Waals surface area contributed by atoms with Crippen molar-refractivity contribution in [2.45, 2.75) is 24.9 Å². The van der Waals surface area contributed by atoms with E-state index in [1.54, 1.807) is 0 Å². The van der Waals surface area contributed by atoms with Crippen LogP contribution in [0.3, 0.4) is 0 Å². The van der Waals surface area contributed by atoms with Crippen LogP contribution in [0.25, 0.3) is 0 Å². The molecule has 3 fully saturated rings. The van der Waals surface area contributed by atoms with Gasteiger partial charge in [-0.15, -0.1) is 0 Å². The molecule has 3 saturated heterocycles. The highest BCUT2D eigenvalue weighted by Crippen LogP contribution is 2.28. The van der Waals surface area contributed by atoms with Crippen LogP contribution in [0, 0.1) is 5.92 Å². The van der Waals surface area contributed by atoms with Gasteiger partial charge in [-0.05, 0) is 12.8 Å². The summed E-state index contributed by atoms with van der Waals surface area (Å²) in [5, 5.41) is 18.9. The minimum atomic E-state index is -1.09. The molecule has 4 N–H and O–H groups in total. The monoisotopic (exact) mass is 327 g/mol. The molecule has 11 nitrogen and oxygen atoms in total. The van der Waals surface area contributed by atoms with Crippen molar-refractivity contribution < 1.29 is 29.5 Å². The lowest BCUT2D eigenvalue weighted by molar-refractivity contribution is -0.136. The number of piperidine rings is 1. The molecule has 2 unspecified atom stereocenters. The van der Waals surface area contributed by atoms with Crippen LogP contribution in [-0.2, 0) is 9.59 Å². The molecule has 2 bridgehead atoms. The van der Waals surface area contributed by atoms with Crippen LogP contribution in [-0.4, -0.2) is 80.8 Å². The number of hydrogen-bond acceptors (Lipinski definition) is 5. The van der Waals surface area contributed by atoms with Crippen LogP contribution >= 0.6 is 0 Å². The Labute approximate surface area is 130 Å². The third-order valence-electron chi connectivity index (χ3n) is 4.48. The van der Waals surface area contributed by atoms with Gasteiger partial charge in [0.05, 0.1) is 12.0 Å². The summed E-state index contributed by atoms with van der Waals surface area (Å²) >= 11 is 0. The Balaban J connectivity index is 1.48. The van der Waals surface area contributed by atoms with Crippen molar-refractivity contribution in [1.82, 2.24) is 25.7 Å². The Hall–Kier alpha value is -2.56. The molecule has 0 aromatic heterocycles. The highest BCUT2D eigenvalue weighted by Gasteiger charge is 2.47. The summed E-state index contributed by atoms with van der Waals surface area (Å²) in [5.74, 6) is -1.50. The van der Waals surface area contributed by atoms with E-state index in [9.17, 15) is 24.4 Å². The summed E-state index contributed by atoms with van der Waals surface area (Å²) in [6, 6.07) is -1.65. The average molecular weight is 327 g/mol. The van der Waals surface area contributed by atoms with Crippen molar-refractivity contribution in [2.24, 2.45) is 5.92 Å². The van der Waals surface area contributed by atoms with Crippen molar-refractivity contribution in [3.8, 4) is 0 Å². The average Bonchev–Trinajstić information content (AvgIpc) is 2.68. The van der Waals surface area contributed by atoms with Gasteiger partial charge in [-0.3, -0.25) is 25.6 Å². The first kappa shape index (κ1) is 15.3. The SMILES string of the molecule is O=C(NNC(=O)C1CCC2CN1C(=O)N2O)C1CN(C(=O)O)C1. The van der Waals surface area contributed by atoms with Crippen molar-refractivity contribution in [3.63, 3.8) is 0 Å². The number of carbonyl (C=O) groups is 4. The standard InChI is InChI=1S/C12H17N5O6/c18-9(6-3-15(4-6)12(21)22)13-14-10(19)8-2-1-7-5-16(8)11(20)17(7)23/h6-8,23H,1-5H2,(H,13,18)(H,14,19)(H,21,22). The Bertz CT molecular complexity index is 562. The second-order valence-corrected chi connectivity index (χ2v) is 5.89. The van der Waals surface area contributed by atoms with Gasteiger partial charge in [-0.2, -0.15) is 0 Å². The predicted molar refractivity (Wildman–Crippen MR) is 71.9 cm³/mol. The number of nitrogens with one attached hydrogen (secondary N) is 2. The fraction of sp³-hybridized carbons (Fsp3) is 0.667. The van der Waals surface area contributed by atoms with Gasteiger partial charge in [0.15, 0.2) is 0 Å². The lowest BCUT2D eigenvalue weighted by atomic mass is 10.00. The Morgan fingerprint density at radius 1 is 1.04 bits per heavy atom. The molecule has 0 aliphatic carbocycles. The molecule has 0 radical (unpaired) electrons. The van der Waals surface area contributed by atoms with Gasteiger partial charge in [-0.25, -0.2) is 14.7 Å². The molecule has 0 saturated carbocycles. The highest BCUT2D eigenvalue weighted by molar-refractivity contribution is 5.90. The number of fused-ring (bicyclic) bond motifs is 2. The fourth-order valence-corrected chi connectivity index (χ4v) is 3.03. The third kappa shape index (κ3) is 2.63. The summed E-state index contributed by atoms with van der Waals surface area (Å²) in [7, 11) is 0. The van der Waals surface area contributed by atoms with E-state index in [4.69, 9.17) is 5.11 Å². The van der Waals surface area contributed by atoms with Crippen molar-refractivity contribution >= 4 is 23.9 Å². The maximum atomic E-state index is 12.1. The molecule has 0 aromatic rings. The number of urea groups is 1. The third-order valence-corrected chi connectivity index (χ3v) is 4.48. The molecule has 3 heterocycles. The number of amides is 5. The number of rotatable bonds is 2. The Kier molecular flexibility index (Phi) is 3.72. The first-order valence-electron chi connectivity index (χ1n) is 7.24. The molecule has 5 amide bonds. The quantitative estimate of drug-likeness (QED) is 0.355. The van der Waals surface area contributed by atoms with Crippen LogP contribution in [0.15, 0.2) is 0 Å².